The molecule has 0 bridgehead atoms. The first-order valence-electron chi connectivity index (χ1n) is 7.11. The number of hydrogen-bond acceptors (Lipinski definition) is 4. The highest BCUT2D eigenvalue weighted by Crippen LogP contribution is 2.35. The Labute approximate surface area is 111 Å². The average Bonchev–Trinajstić information content (AvgIpc) is 2.95. The molecule has 4 heteroatoms. The van der Waals surface area contributed by atoms with E-state index < -0.39 is 0 Å². The minimum absolute atomic E-state index is 0.268. The lowest BCUT2D eigenvalue weighted by Crippen LogP contribution is -2.45. The summed E-state index contributed by atoms with van der Waals surface area (Å²) in [4.78, 5) is 4.95. The van der Waals surface area contributed by atoms with Gasteiger partial charge in [-0.3, -0.25) is 4.90 Å². The summed E-state index contributed by atoms with van der Waals surface area (Å²) in [6, 6.07) is 3.78. The summed E-state index contributed by atoms with van der Waals surface area (Å²) in [5, 5.41) is 12.6. The molecule has 2 aliphatic rings. The van der Waals surface area contributed by atoms with Gasteiger partial charge in [0.15, 0.2) is 0 Å². The van der Waals surface area contributed by atoms with Crippen LogP contribution in [0.15, 0.2) is 0 Å². The Morgan fingerprint density at radius 3 is 2.78 bits per heavy atom. The molecule has 18 heavy (non-hydrogen) atoms. The molecule has 102 valence electrons. The zero-order valence-electron chi connectivity index (χ0n) is 11.9. The highest BCUT2D eigenvalue weighted by atomic mass is 15.2. The largest absolute Gasteiger partial charge is 0.308 e. The van der Waals surface area contributed by atoms with Crippen molar-refractivity contribution in [1.82, 2.24) is 15.1 Å². The van der Waals surface area contributed by atoms with E-state index in [-0.39, 0.29) is 5.54 Å². The third-order valence-corrected chi connectivity index (χ3v) is 4.65. The third kappa shape index (κ3) is 2.69. The quantitative estimate of drug-likeness (QED) is 0.810. The van der Waals surface area contributed by atoms with Crippen LogP contribution in [0.1, 0.15) is 32.1 Å². The average molecular weight is 250 g/mol. The van der Waals surface area contributed by atoms with E-state index >= 15 is 0 Å². The molecule has 3 unspecified atom stereocenters. The number of nitriles is 1. The molecule has 0 aromatic heterocycles. The van der Waals surface area contributed by atoms with Crippen molar-refractivity contribution in [2.45, 2.75) is 49.7 Å². The van der Waals surface area contributed by atoms with Crippen molar-refractivity contribution in [2.75, 3.05) is 34.2 Å². The van der Waals surface area contributed by atoms with Crippen LogP contribution in [0.3, 0.4) is 0 Å². The van der Waals surface area contributed by atoms with E-state index in [0.29, 0.717) is 12.1 Å². The number of nitrogens with zero attached hydrogens (tertiary/aromatic N) is 3. The van der Waals surface area contributed by atoms with Crippen LogP contribution in [0.2, 0.25) is 0 Å². The van der Waals surface area contributed by atoms with Crippen molar-refractivity contribution >= 4 is 0 Å². The molecule has 3 atom stereocenters. The van der Waals surface area contributed by atoms with Crippen LogP contribution in [-0.2, 0) is 0 Å². The third-order valence-electron chi connectivity index (χ3n) is 4.65. The maximum atomic E-state index is 9.35. The summed E-state index contributed by atoms with van der Waals surface area (Å²) in [6.45, 7) is 2.37. The van der Waals surface area contributed by atoms with Gasteiger partial charge in [-0.25, -0.2) is 0 Å². The minimum atomic E-state index is -0.268. The van der Waals surface area contributed by atoms with Crippen LogP contribution in [-0.4, -0.2) is 61.7 Å². The number of nitrogens with one attached hydrogen (secondary N) is 1. The maximum absolute atomic E-state index is 9.35. The van der Waals surface area contributed by atoms with Crippen molar-refractivity contribution in [3.05, 3.63) is 0 Å². The second kappa shape index (κ2) is 5.56. The normalized spacial score (nSPS) is 37.3. The Kier molecular flexibility index (Phi) is 4.26. The van der Waals surface area contributed by atoms with Gasteiger partial charge in [0.1, 0.15) is 5.54 Å². The van der Waals surface area contributed by atoms with Crippen LogP contribution in [0.4, 0.5) is 0 Å². The topological polar surface area (TPSA) is 42.3 Å². The molecule has 4 nitrogen and oxygen atoms in total. The molecule has 1 N–H and O–H groups in total. The molecular weight excluding hydrogens is 224 g/mol. The van der Waals surface area contributed by atoms with E-state index in [1.54, 1.807) is 0 Å². The number of rotatable bonds is 4. The van der Waals surface area contributed by atoms with E-state index in [1.807, 2.05) is 7.05 Å². The summed E-state index contributed by atoms with van der Waals surface area (Å²) in [7, 11) is 6.23. The van der Waals surface area contributed by atoms with Gasteiger partial charge in [-0.15, -0.1) is 0 Å². The van der Waals surface area contributed by atoms with Crippen LogP contribution < -0.4 is 5.32 Å². The highest BCUT2D eigenvalue weighted by molar-refractivity contribution is 5.13. The van der Waals surface area contributed by atoms with Crippen molar-refractivity contribution in [3.8, 4) is 6.07 Å². The summed E-state index contributed by atoms with van der Waals surface area (Å²) >= 11 is 0. The van der Waals surface area contributed by atoms with Gasteiger partial charge < -0.3 is 10.2 Å². The van der Waals surface area contributed by atoms with Crippen molar-refractivity contribution < 1.29 is 0 Å². The van der Waals surface area contributed by atoms with Crippen molar-refractivity contribution in [3.63, 3.8) is 0 Å². The summed E-state index contributed by atoms with van der Waals surface area (Å²) < 4.78 is 0. The van der Waals surface area contributed by atoms with Crippen molar-refractivity contribution in [2.24, 2.45) is 0 Å². The Morgan fingerprint density at radius 2 is 2.22 bits per heavy atom. The molecule has 1 saturated heterocycles. The predicted molar refractivity (Wildman–Crippen MR) is 73.3 cm³/mol. The summed E-state index contributed by atoms with van der Waals surface area (Å²) in [6.07, 6.45) is 5.78. The molecule has 0 spiro atoms. The van der Waals surface area contributed by atoms with Crippen LogP contribution in [0.5, 0.6) is 0 Å². The molecule has 2 rings (SSSR count). The smallest absolute Gasteiger partial charge is 0.108 e. The number of likely N-dealkylation sites (N-methyl/N-ethyl adjacent to an activating group) is 1. The zero-order chi connectivity index (χ0) is 13.2. The lowest BCUT2D eigenvalue weighted by atomic mass is 9.99. The van der Waals surface area contributed by atoms with E-state index in [9.17, 15) is 5.26 Å². The van der Waals surface area contributed by atoms with E-state index in [2.05, 4.69) is 35.3 Å². The molecule has 0 aromatic carbocycles. The van der Waals surface area contributed by atoms with Gasteiger partial charge in [0.25, 0.3) is 0 Å². The van der Waals surface area contributed by atoms with Crippen molar-refractivity contribution in [1.29, 1.82) is 5.26 Å². The fourth-order valence-electron chi connectivity index (χ4n) is 3.64. The van der Waals surface area contributed by atoms with Gasteiger partial charge in [-0.05, 0) is 59.8 Å². The molecule has 0 aromatic rings. The molecular formula is C14H26N4. The van der Waals surface area contributed by atoms with Gasteiger partial charge in [0, 0.05) is 18.6 Å². The zero-order valence-corrected chi connectivity index (χ0v) is 11.9. The van der Waals surface area contributed by atoms with E-state index in [1.165, 1.54) is 25.8 Å². The summed E-state index contributed by atoms with van der Waals surface area (Å²) in [5.74, 6) is 0. The molecule has 2 fully saturated rings. The van der Waals surface area contributed by atoms with E-state index in [0.717, 1.165) is 19.4 Å². The number of likely N-dealkylation sites (tertiary alicyclic amines) is 1. The first-order chi connectivity index (χ1) is 8.60. The van der Waals surface area contributed by atoms with Crippen LogP contribution in [0.25, 0.3) is 0 Å². The first-order valence-corrected chi connectivity index (χ1v) is 7.11. The SMILES string of the molecule is CNC1(C#N)CCC(N2CCCC2CN(C)C)C1. The molecule has 0 amide bonds. The first kappa shape index (κ1) is 13.8. The van der Waals surface area contributed by atoms with Gasteiger partial charge >= 0.3 is 0 Å². The van der Waals surface area contributed by atoms with Gasteiger partial charge in [0.05, 0.1) is 6.07 Å². The van der Waals surface area contributed by atoms with E-state index in [4.69, 9.17) is 0 Å². The lowest BCUT2D eigenvalue weighted by molar-refractivity contribution is 0.150. The van der Waals surface area contributed by atoms with Gasteiger partial charge in [-0.2, -0.15) is 5.26 Å². The Hall–Kier alpha value is -0.630. The Balaban J connectivity index is 1.98. The fourth-order valence-corrected chi connectivity index (χ4v) is 3.64. The second-order valence-electron chi connectivity index (χ2n) is 6.14. The Bertz CT molecular complexity index is 322. The summed E-state index contributed by atoms with van der Waals surface area (Å²) in [5.41, 5.74) is -0.268. The maximum Gasteiger partial charge on any atom is 0.108 e. The van der Waals surface area contributed by atoms with Gasteiger partial charge in [0.2, 0.25) is 0 Å². The monoisotopic (exact) mass is 250 g/mol. The molecule has 1 saturated carbocycles. The van der Waals surface area contributed by atoms with Crippen LogP contribution in [0, 0.1) is 11.3 Å². The number of hydrogen-bond donors (Lipinski definition) is 1. The standard InChI is InChI=1S/C14H26N4/c1-16-14(11-15)7-6-12(9-14)18-8-4-5-13(18)10-17(2)3/h12-13,16H,4-10H2,1-3H3. The van der Waals surface area contributed by atoms with Crippen LogP contribution >= 0.6 is 0 Å². The van der Waals surface area contributed by atoms with Gasteiger partial charge in [-0.1, -0.05) is 0 Å². The lowest BCUT2D eigenvalue weighted by Gasteiger charge is -2.33. The predicted octanol–water partition coefficient (Wildman–Crippen LogP) is 1.05. The molecule has 1 aliphatic heterocycles. The molecule has 1 aliphatic carbocycles. The fraction of sp³-hybridized carbons (Fsp3) is 0.929. The minimum Gasteiger partial charge on any atom is -0.308 e. The molecule has 1 heterocycles. The highest BCUT2D eigenvalue weighted by Gasteiger charge is 2.43. The molecule has 0 radical (unpaired) electrons. The Morgan fingerprint density at radius 1 is 1.44 bits per heavy atom. The second-order valence-corrected chi connectivity index (χ2v) is 6.14.